The van der Waals surface area contributed by atoms with Gasteiger partial charge in [0.05, 0.1) is 19.4 Å². The number of aromatic nitrogens is 2. The summed E-state index contributed by atoms with van der Waals surface area (Å²) in [6.07, 6.45) is 5.90. The Bertz CT molecular complexity index is 445. The van der Waals surface area contributed by atoms with Crippen LogP contribution in [0.5, 0.6) is 0 Å². The Kier molecular flexibility index (Phi) is 6.05. The molecule has 6 heteroatoms. The Morgan fingerprint density at radius 2 is 2.33 bits per heavy atom. The molecule has 0 bridgehead atoms. The molecule has 120 valence electrons. The van der Waals surface area contributed by atoms with Crippen molar-refractivity contribution in [3.8, 4) is 0 Å². The van der Waals surface area contributed by atoms with E-state index in [2.05, 4.69) is 22.7 Å². The number of rotatable bonds is 4. The highest BCUT2D eigenvalue weighted by Gasteiger charge is 2.34. The molecule has 3 unspecified atom stereocenters. The predicted octanol–water partition coefficient (Wildman–Crippen LogP) is 1.40. The van der Waals surface area contributed by atoms with E-state index < -0.39 is 0 Å². The van der Waals surface area contributed by atoms with Gasteiger partial charge in [-0.1, -0.05) is 6.42 Å². The van der Waals surface area contributed by atoms with Gasteiger partial charge in [-0.05, 0) is 25.7 Å². The van der Waals surface area contributed by atoms with Crippen molar-refractivity contribution >= 4 is 12.4 Å². The number of halogens is 1. The van der Waals surface area contributed by atoms with E-state index in [1.54, 1.807) is 0 Å². The van der Waals surface area contributed by atoms with Gasteiger partial charge in [0.2, 0.25) is 0 Å². The number of nitrogens with zero attached hydrogens (tertiary/aromatic N) is 2. The van der Waals surface area contributed by atoms with Gasteiger partial charge in [-0.15, -0.1) is 12.4 Å². The monoisotopic (exact) mass is 314 g/mol. The van der Waals surface area contributed by atoms with Crippen LogP contribution in [0.25, 0.3) is 0 Å². The van der Waals surface area contributed by atoms with Crippen LogP contribution in [0.3, 0.4) is 0 Å². The number of hydrogen-bond acceptors (Lipinski definition) is 4. The molecule has 2 aliphatic rings. The third-order valence-corrected chi connectivity index (χ3v) is 4.93. The molecule has 1 saturated carbocycles. The highest BCUT2D eigenvalue weighted by molar-refractivity contribution is 5.85. The summed E-state index contributed by atoms with van der Waals surface area (Å²) >= 11 is 0. The van der Waals surface area contributed by atoms with Crippen molar-refractivity contribution in [1.82, 2.24) is 20.4 Å². The van der Waals surface area contributed by atoms with Crippen LogP contribution in [-0.2, 0) is 18.3 Å². The zero-order valence-corrected chi connectivity index (χ0v) is 13.8. The smallest absolute Gasteiger partial charge is 0.0623 e. The average Bonchev–Trinajstić information content (AvgIpc) is 3.07. The minimum absolute atomic E-state index is 0. The second-order valence-electron chi connectivity index (χ2n) is 6.10. The molecule has 1 aliphatic carbocycles. The molecule has 3 atom stereocenters. The fourth-order valence-corrected chi connectivity index (χ4v) is 3.54. The van der Waals surface area contributed by atoms with Crippen molar-refractivity contribution in [3.05, 3.63) is 17.5 Å². The van der Waals surface area contributed by atoms with Crippen LogP contribution in [0, 0.1) is 12.8 Å². The lowest BCUT2D eigenvalue weighted by Crippen LogP contribution is -2.50. The van der Waals surface area contributed by atoms with E-state index in [0.29, 0.717) is 18.0 Å². The van der Waals surface area contributed by atoms with Gasteiger partial charge >= 0.3 is 0 Å². The predicted molar refractivity (Wildman–Crippen MR) is 85.8 cm³/mol. The van der Waals surface area contributed by atoms with Crippen LogP contribution < -0.4 is 10.6 Å². The molecule has 1 aromatic heterocycles. The van der Waals surface area contributed by atoms with Gasteiger partial charge in [0.25, 0.3) is 0 Å². The summed E-state index contributed by atoms with van der Waals surface area (Å²) in [4.78, 5) is 0. The molecular weight excluding hydrogens is 288 g/mol. The third-order valence-electron chi connectivity index (χ3n) is 4.93. The van der Waals surface area contributed by atoms with Crippen molar-refractivity contribution in [3.63, 3.8) is 0 Å². The maximum Gasteiger partial charge on any atom is 0.0623 e. The molecule has 1 aliphatic heterocycles. The first kappa shape index (κ1) is 16.7. The van der Waals surface area contributed by atoms with Crippen LogP contribution >= 0.6 is 12.4 Å². The molecule has 21 heavy (non-hydrogen) atoms. The second-order valence-corrected chi connectivity index (χ2v) is 6.10. The normalized spacial score (nSPS) is 29.3. The Morgan fingerprint density at radius 3 is 3.00 bits per heavy atom. The summed E-state index contributed by atoms with van der Waals surface area (Å²) in [5, 5.41) is 11.7. The molecule has 0 amide bonds. The summed E-state index contributed by atoms with van der Waals surface area (Å²) in [5.41, 5.74) is 2.57. The fourth-order valence-electron chi connectivity index (χ4n) is 3.54. The number of morpholine rings is 1. The maximum atomic E-state index is 5.62. The van der Waals surface area contributed by atoms with Crippen LogP contribution in [0.4, 0.5) is 0 Å². The van der Waals surface area contributed by atoms with E-state index in [1.807, 2.05) is 17.9 Å². The topological polar surface area (TPSA) is 51.1 Å². The van der Waals surface area contributed by atoms with Gasteiger partial charge in [0.1, 0.15) is 0 Å². The average molecular weight is 315 g/mol. The molecule has 1 saturated heterocycles. The van der Waals surface area contributed by atoms with Gasteiger partial charge in [0, 0.05) is 43.5 Å². The van der Waals surface area contributed by atoms with Crippen LogP contribution in [0.2, 0.25) is 0 Å². The lowest BCUT2D eigenvalue weighted by Gasteiger charge is -2.33. The molecule has 2 fully saturated rings. The molecule has 0 spiro atoms. The number of aryl methyl sites for hydroxylation is 1. The van der Waals surface area contributed by atoms with Gasteiger partial charge in [-0.3, -0.25) is 4.68 Å². The first-order valence-electron chi connectivity index (χ1n) is 7.77. The molecule has 5 nitrogen and oxygen atoms in total. The van der Waals surface area contributed by atoms with Crippen LogP contribution in [0.1, 0.15) is 30.5 Å². The SMILES string of the molecule is Cc1c(CNC2CCCC2C2COCCN2)cnn1C.Cl. The van der Waals surface area contributed by atoms with Crippen LogP contribution in [0.15, 0.2) is 6.20 Å². The van der Waals surface area contributed by atoms with Crippen molar-refractivity contribution in [2.24, 2.45) is 13.0 Å². The molecule has 2 N–H and O–H groups in total. The fraction of sp³-hybridized carbons (Fsp3) is 0.800. The van der Waals surface area contributed by atoms with E-state index in [-0.39, 0.29) is 12.4 Å². The van der Waals surface area contributed by atoms with Crippen molar-refractivity contribution in [2.75, 3.05) is 19.8 Å². The van der Waals surface area contributed by atoms with Gasteiger partial charge in [-0.25, -0.2) is 0 Å². The van der Waals surface area contributed by atoms with E-state index in [0.717, 1.165) is 26.3 Å². The van der Waals surface area contributed by atoms with E-state index in [9.17, 15) is 0 Å². The van der Waals surface area contributed by atoms with E-state index in [1.165, 1.54) is 30.5 Å². The number of hydrogen-bond donors (Lipinski definition) is 2. The van der Waals surface area contributed by atoms with Crippen molar-refractivity contribution in [2.45, 2.75) is 44.8 Å². The van der Waals surface area contributed by atoms with Crippen molar-refractivity contribution < 1.29 is 4.74 Å². The Balaban J connectivity index is 0.00000161. The number of ether oxygens (including phenoxy) is 1. The first-order chi connectivity index (χ1) is 9.75. The molecule has 1 aromatic rings. The lowest BCUT2D eigenvalue weighted by atomic mass is 9.94. The molecule has 2 heterocycles. The standard InChI is InChI=1S/C15H26N4O.ClH/c1-11-12(9-18-19(11)2)8-17-14-5-3-4-13(14)15-10-20-7-6-16-15;/h9,13-17H,3-8,10H2,1-2H3;1H. The third kappa shape index (κ3) is 3.77. The number of nitrogens with one attached hydrogen (secondary N) is 2. The highest BCUT2D eigenvalue weighted by Crippen LogP contribution is 2.29. The molecule has 3 rings (SSSR count). The van der Waals surface area contributed by atoms with E-state index in [4.69, 9.17) is 4.74 Å². The summed E-state index contributed by atoms with van der Waals surface area (Å²) in [7, 11) is 2.00. The largest absolute Gasteiger partial charge is 0.379 e. The van der Waals surface area contributed by atoms with E-state index >= 15 is 0 Å². The second kappa shape index (κ2) is 7.58. The minimum Gasteiger partial charge on any atom is -0.379 e. The molecule has 0 aromatic carbocycles. The zero-order chi connectivity index (χ0) is 13.9. The van der Waals surface area contributed by atoms with Gasteiger partial charge < -0.3 is 15.4 Å². The zero-order valence-electron chi connectivity index (χ0n) is 13.0. The van der Waals surface area contributed by atoms with Crippen molar-refractivity contribution in [1.29, 1.82) is 0 Å². The summed E-state index contributed by atoms with van der Waals surface area (Å²) < 4.78 is 7.57. The summed E-state index contributed by atoms with van der Waals surface area (Å²) in [6, 6.07) is 1.13. The summed E-state index contributed by atoms with van der Waals surface area (Å²) in [5.74, 6) is 0.701. The lowest BCUT2D eigenvalue weighted by molar-refractivity contribution is 0.0524. The maximum absolute atomic E-state index is 5.62. The Labute approximate surface area is 133 Å². The Morgan fingerprint density at radius 1 is 1.48 bits per heavy atom. The Hall–Kier alpha value is -0.620. The first-order valence-corrected chi connectivity index (χ1v) is 7.77. The molecular formula is C15H27ClN4O. The van der Waals surface area contributed by atoms with Crippen LogP contribution in [-0.4, -0.2) is 41.6 Å². The van der Waals surface area contributed by atoms with Gasteiger partial charge in [0.15, 0.2) is 0 Å². The minimum atomic E-state index is 0. The quantitative estimate of drug-likeness (QED) is 0.882. The highest BCUT2D eigenvalue weighted by atomic mass is 35.5. The summed E-state index contributed by atoms with van der Waals surface area (Å²) in [6.45, 7) is 5.78. The van der Waals surface area contributed by atoms with Gasteiger partial charge in [-0.2, -0.15) is 5.10 Å². The molecule has 0 radical (unpaired) electrons.